The predicted molar refractivity (Wildman–Crippen MR) is 80.4 cm³/mol. The van der Waals surface area contributed by atoms with Gasteiger partial charge in [0, 0.05) is 22.6 Å². The van der Waals surface area contributed by atoms with E-state index in [0.717, 1.165) is 22.4 Å². The van der Waals surface area contributed by atoms with Crippen molar-refractivity contribution in [3.8, 4) is 0 Å². The highest BCUT2D eigenvalue weighted by Crippen LogP contribution is 2.25. The van der Waals surface area contributed by atoms with Crippen LogP contribution in [0, 0.1) is 0 Å². The Morgan fingerprint density at radius 1 is 1.25 bits per heavy atom. The van der Waals surface area contributed by atoms with E-state index < -0.39 is 0 Å². The largest absolute Gasteiger partial charge is 0.337 e. The molecule has 0 aliphatic heterocycles. The lowest BCUT2D eigenvalue weighted by Crippen LogP contribution is -2.00. The van der Waals surface area contributed by atoms with Gasteiger partial charge in [0.1, 0.15) is 12.1 Å². The molecule has 0 aliphatic rings. The molecule has 0 unspecified atom stereocenters. The molecule has 0 bridgehead atoms. The van der Waals surface area contributed by atoms with Crippen molar-refractivity contribution in [3.63, 3.8) is 0 Å². The Labute approximate surface area is 121 Å². The van der Waals surface area contributed by atoms with E-state index in [0.29, 0.717) is 11.1 Å². The number of fused-ring (bicyclic) bond motifs is 1. The summed E-state index contributed by atoms with van der Waals surface area (Å²) in [5, 5.41) is 9.15. The molecule has 6 heteroatoms. The Hall–Kier alpha value is -2.14. The average Bonchev–Trinajstić information content (AvgIpc) is 2.87. The fraction of sp³-hybridized carbons (Fsp3) is 0.214. The normalized spacial score (nSPS) is 11.2. The van der Waals surface area contributed by atoms with Gasteiger partial charge in [-0.05, 0) is 32.0 Å². The molecule has 20 heavy (non-hydrogen) atoms. The van der Waals surface area contributed by atoms with E-state index >= 15 is 0 Å². The molecule has 0 radical (unpaired) electrons. The lowest BCUT2D eigenvalue weighted by molar-refractivity contribution is 0.532. The van der Waals surface area contributed by atoms with Gasteiger partial charge in [-0.15, -0.1) is 0 Å². The van der Waals surface area contributed by atoms with Crippen LogP contribution in [0.4, 0.5) is 11.5 Å². The summed E-state index contributed by atoms with van der Waals surface area (Å²) in [6, 6.07) is 5.89. The quantitative estimate of drug-likeness (QED) is 0.796. The van der Waals surface area contributed by atoms with E-state index in [9.17, 15) is 0 Å². The van der Waals surface area contributed by atoms with Crippen LogP contribution in [0.1, 0.15) is 19.9 Å². The second kappa shape index (κ2) is 5.09. The fourth-order valence-corrected chi connectivity index (χ4v) is 2.12. The lowest BCUT2D eigenvalue weighted by atomic mass is 10.2. The smallest absolute Gasteiger partial charge is 0.141 e. The van der Waals surface area contributed by atoms with Crippen LogP contribution in [0.3, 0.4) is 0 Å². The first kappa shape index (κ1) is 12.9. The van der Waals surface area contributed by atoms with Crippen molar-refractivity contribution in [2.24, 2.45) is 0 Å². The maximum absolute atomic E-state index is 5.98. The molecule has 0 saturated heterocycles. The summed E-state index contributed by atoms with van der Waals surface area (Å²) in [4.78, 5) is 8.50. The first-order valence-corrected chi connectivity index (χ1v) is 6.73. The molecule has 5 nitrogen and oxygen atoms in total. The molecule has 2 aromatic heterocycles. The third-order valence-corrected chi connectivity index (χ3v) is 3.23. The van der Waals surface area contributed by atoms with Gasteiger partial charge in [-0.2, -0.15) is 5.10 Å². The van der Waals surface area contributed by atoms with Gasteiger partial charge in [0.25, 0.3) is 0 Å². The Bertz CT molecular complexity index is 750. The van der Waals surface area contributed by atoms with Crippen molar-refractivity contribution in [2.75, 3.05) is 5.32 Å². The van der Waals surface area contributed by atoms with Crippen molar-refractivity contribution < 1.29 is 0 Å². The van der Waals surface area contributed by atoms with Gasteiger partial charge in [0.05, 0.1) is 17.4 Å². The minimum atomic E-state index is 0.325. The molecule has 0 spiro atoms. The third-order valence-electron chi connectivity index (χ3n) is 2.99. The van der Waals surface area contributed by atoms with Crippen LogP contribution in [0.15, 0.2) is 36.9 Å². The van der Waals surface area contributed by atoms with Gasteiger partial charge in [-0.1, -0.05) is 11.6 Å². The lowest BCUT2D eigenvalue weighted by Gasteiger charge is -2.07. The van der Waals surface area contributed by atoms with E-state index in [2.05, 4.69) is 34.2 Å². The Morgan fingerprint density at radius 2 is 2.10 bits per heavy atom. The van der Waals surface area contributed by atoms with E-state index in [1.54, 1.807) is 6.20 Å². The topological polar surface area (TPSA) is 55.6 Å². The van der Waals surface area contributed by atoms with Gasteiger partial charge in [-0.3, -0.25) is 4.68 Å². The van der Waals surface area contributed by atoms with Crippen molar-refractivity contribution in [2.45, 2.75) is 19.9 Å². The second-order valence-electron chi connectivity index (χ2n) is 4.81. The first-order chi connectivity index (χ1) is 9.63. The van der Waals surface area contributed by atoms with E-state index in [4.69, 9.17) is 11.6 Å². The first-order valence-electron chi connectivity index (χ1n) is 6.35. The van der Waals surface area contributed by atoms with Gasteiger partial charge in [0.2, 0.25) is 0 Å². The van der Waals surface area contributed by atoms with Crippen molar-refractivity contribution >= 4 is 34.0 Å². The maximum atomic E-state index is 5.98. The summed E-state index contributed by atoms with van der Waals surface area (Å²) >= 11 is 5.98. The predicted octanol–water partition coefficient (Wildman–Crippen LogP) is 3.80. The van der Waals surface area contributed by atoms with E-state index in [1.807, 2.05) is 29.1 Å². The minimum Gasteiger partial charge on any atom is -0.337 e. The molecule has 0 aliphatic carbocycles. The summed E-state index contributed by atoms with van der Waals surface area (Å²) in [7, 11) is 0. The van der Waals surface area contributed by atoms with Gasteiger partial charge in [-0.25, -0.2) is 9.97 Å². The summed E-state index contributed by atoms with van der Waals surface area (Å²) in [6.07, 6.45) is 5.26. The maximum Gasteiger partial charge on any atom is 0.141 e. The minimum absolute atomic E-state index is 0.325. The molecule has 0 saturated carbocycles. The molecule has 1 N–H and O–H groups in total. The fourth-order valence-electron chi connectivity index (χ4n) is 1.95. The van der Waals surface area contributed by atoms with Crippen molar-refractivity contribution in [1.82, 2.24) is 19.7 Å². The summed E-state index contributed by atoms with van der Waals surface area (Å²) in [5.74, 6) is 0.745. The summed E-state index contributed by atoms with van der Waals surface area (Å²) < 4.78 is 1.89. The van der Waals surface area contributed by atoms with Crippen LogP contribution < -0.4 is 5.32 Å². The van der Waals surface area contributed by atoms with E-state index in [-0.39, 0.29) is 0 Å². The Morgan fingerprint density at radius 3 is 2.85 bits per heavy atom. The molecular weight excluding hydrogens is 274 g/mol. The zero-order valence-electron chi connectivity index (χ0n) is 11.2. The van der Waals surface area contributed by atoms with Crippen molar-refractivity contribution in [3.05, 3.63) is 41.9 Å². The molecular formula is C14H14ClN5. The van der Waals surface area contributed by atoms with Crippen LogP contribution in [0.2, 0.25) is 5.02 Å². The molecule has 1 aromatic carbocycles. The van der Waals surface area contributed by atoms with Crippen LogP contribution in [0.25, 0.3) is 10.9 Å². The number of nitrogens with zero attached hydrogens (tertiary/aromatic N) is 4. The number of hydrogen-bond donors (Lipinski definition) is 1. The number of halogens is 1. The standard InChI is InChI=1S/C14H14ClN5/c1-9(2)20-7-11(6-18-20)19-14-12-4-3-10(15)5-13(12)16-8-17-14/h3-9H,1-2H3,(H,16,17,19). The highest BCUT2D eigenvalue weighted by molar-refractivity contribution is 6.31. The molecule has 0 atom stereocenters. The van der Waals surface area contributed by atoms with Gasteiger partial charge in [0.15, 0.2) is 0 Å². The molecule has 2 heterocycles. The zero-order valence-corrected chi connectivity index (χ0v) is 12.0. The number of aromatic nitrogens is 4. The molecule has 0 amide bonds. The number of anilines is 2. The van der Waals surface area contributed by atoms with E-state index in [1.165, 1.54) is 6.33 Å². The number of nitrogens with one attached hydrogen (secondary N) is 1. The molecule has 3 rings (SSSR count). The number of rotatable bonds is 3. The third kappa shape index (κ3) is 2.44. The van der Waals surface area contributed by atoms with Crippen LogP contribution >= 0.6 is 11.6 Å². The van der Waals surface area contributed by atoms with Crippen LogP contribution in [-0.4, -0.2) is 19.7 Å². The SMILES string of the molecule is CC(C)n1cc(Nc2ncnc3cc(Cl)ccc23)cn1. The Balaban J connectivity index is 1.97. The van der Waals surface area contributed by atoms with Crippen LogP contribution in [0.5, 0.6) is 0 Å². The summed E-state index contributed by atoms with van der Waals surface area (Å²) in [5.41, 5.74) is 1.71. The highest BCUT2D eigenvalue weighted by atomic mass is 35.5. The molecule has 3 aromatic rings. The van der Waals surface area contributed by atoms with Crippen molar-refractivity contribution in [1.29, 1.82) is 0 Å². The number of benzene rings is 1. The van der Waals surface area contributed by atoms with Gasteiger partial charge < -0.3 is 5.32 Å². The second-order valence-corrected chi connectivity index (χ2v) is 5.25. The van der Waals surface area contributed by atoms with Crippen LogP contribution in [-0.2, 0) is 0 Å². The number of hydrogen-bond acceptors (Lipinski definition) is 4. The monoisotopic (exact) mass is 287 g/mol. The summed E-state index contributed by atoms with van der Waals surface area (Å²) in [6.45, 7) is 4.16. The molecule has 0 fully saturated rings. The average molecular weight is 288 g/mol. The highest BCUT2D eigenvalue weighted by Gasteiger charge is 2.07. The molecule has 102 valence electrons. The Kier molecular flexibility index (Phi) is 3.28. The van der Waals surface area contributed by atoms with Gasteiger partial charge >= 0.3 is 0 Å². The zero-order chi connectivity index (χ0) is 14.1.